The highest BCUT2D eigenvalue weighted by Crippen LogP contribution is 2.36. The molecule has 1 aromatic heterocycles. The first kappa shape index (κ1) is 15.0. The smallest absolute Gasteiger partial charge is 0.126 e. The van der Waals surface area contributed by atoms with Gasteiger partial charge in [-0.3, -0.25) is 0 Å². The summed E-state index contributed by atoms with van der Waals surface area (Å²) in [5.41, 5.74) is 4.53. The number of ether oxygens (including phenoxy) is 1. The van der Waals surface area contributed by atoms with Crippen LogP contribution >= 0.6 is 0 Å². The zero-order chi connectivity index (χ0) is 16.5. The average molecular weight is 319 g/mol. The third-order valence-corrected chi connectivity index (χ3v) is 4.84. The number of rotatable bonds is 6. The Morgan fingerprint density at radius 1 is 1.21 bits per heavy atom. The second-order valence-electron chi connectivity index (χ2n) is 6.55. The van der Waals surface area contributed by atoms with Crippen molar-refractivity contribution in [2.45, 2.75) is 25.8 Å². The zero-order valence-corrected chi connectivity index (χ0v) is 13.9. The lowest BCUT2D eigenvalue weighted by Gasteiger charge is -2.09. The third-order valence-electron chi connectivity index (χ3n) is 4.84. The molecule has 1 fully saturated rings. The van der Waals surface area contributed by atoms with E-state index in [0.717, 1.165) is 41.2 Å². The number of nitrogens with zero attached hydrogens (tertiary/aromatic N) is 1. The first-order valence-corrected chi connectivity index (χ1v) is 8.49. The van der Waals surface area contributed by atoms with Gasteiger partial charge in [0.05, 0.1) is 7.11 Å². The van der Waals surface area contributed by atoms with Gasteiger partial charge in [-0.05, 0) is 48.1 Å². The quantitative estimate of drug-likeness (QED) is 0.628. The van der Waals surface area contributed by atoms with E-state index < -0.39 is 0 Å². The van der Waals surface area contributed by atoms with Crippen molar-refractivity contribution in [1.29, 1.82) is 0 Å². The Morgan fingerprint density at radius 3 is 2.79 bits per heavy atom. The molecule has 0 aliphatic heterocycles. The van der Waals surface area contributed by atoms with Crippen LogP contribution in [0.1, 0.15) is 18.4 Å². The molecule has 1 heterocycles. The number of benzene rings is 2. The summed E-state index contributed by atoms with van der Waals surface area (Å²) >= 11 is 0. The summed E-state index contributed by atoms with van der Waals surface area (Å²) in [5, 5.41) is 1.17. The van der Waals surface area contributed by atoms with Gasteiger partial charge in [0.2, 0.25) is 0 Å². The summed E-state index contributed by atoms with van der Waals surface area (Å²) in [7, 11) is 1.70. The number of aromatic nitrogens is 1. The number of methoxy groups -OCH3 is 1. The minimum atomic E-state index is 0.462. The van der Waals surface area contributed by atoms with Gasteiger partial charge in [-0.15, -0.1) is 0 Å². The number of para-hydroxylation sites is 1. The van der Waals surface area contributed by atoms with Crippen LogP contribution in [0.4, 0.5) is 0 Å². The lowest BCUT2D eigenvalue weighted by molar-refractivity contribution is -0.107. The number of hydrogen-bond donors (Lipinski definition) is 0. The molecule has 0 N–H and O–H groups in total. The molecule has 0 unspecified atom stereocenters. The molecule has 0 saturated heterocycles. The lowest BCUT2D eigenvalue weighted by atomic mass is 10.0. The van der Waals surface area contributed by atoms with Gasteiger partial charge < -0.3 is 14.1 Å². The summed E-state index contributed by atoms with van der Waals surface area (Å²) in [5.74, 6) is 1.67. The first-order valence-electron chi connectivity index (χ1n) is 8.49. The topological polar surface area (TPSA) is 31.2 Å². The maximum Gasteiger partial charge on any atom is 0.126 e. The first-order chi connectivity index (χ1) is 11.8. The van der Waals surface area contributed by atoms with Crippen LogP contribution in [0.15, 0.2) is 48.7 Å². The van der Waals surface area contributed by atoms with Crippen molar-refractivity contribution in [1.82, 2.24) is 4.57 Å². The standard InChI is InChI=1S/C21H21NO2/c1-24-21-5-3-2-4-18(21)16-8-9-20-19(12-16)17(10-11-23)14-22(20)13-15-6-7-15/h2-5,8-9,11-12,14-15H,6-7,10,13H2,1H3. The molecule has 3 aromatic rings. The highest BCUT2D eigenvalue weighted by Gasteiger charge is 2.23. The molecule has 3 nitrogen and oxygen atoms in total. The molecular weight excluding hydrogens is 298 g/mol. The minimum absolute atomic E-state index is 0.462. The second-order valence-corrected chi connectivity index (χ2v) is 6.55. The summed E-state index contributed by atoms with van der Waals surface area (Å²) in [6.45, 7) is 1.06. The molecule has 1 aliphatic rings. The van der Waals surface area contributed by atoms with Crippen molar-refractivity contribution in [2.24, 2.45) is 5.92 Å². The Hall–Kier alpha value is -2.55. The van der Waals surface area contributed by atoms with E-state index in [-0.39, 0.29) is 0 Å². The van der Waals surface area contributed by atoms with Gasteiger partial charge in [-0.2, -0.15) is 0 Å². The molecule has 0 spiro atoms. The molecule has 1 aliphatic carbocycles. The highest BCUT2D eigenvalue weighted by atomic mass is 16.5. The Labute approximate surface area is 141 Å². The fourth-order valence-corrected chi connectivity index (χ4v) is 3.40. The number of carbonyl (C=O) groups is 1. The molecule has 0 radical (unpaired) electrons. The van der Waals surface area contributed by atoms with Crippen LogP contribution in [0.5, 0.6) is 5.75 Å². The van der Waals surface area contributed by atoms with E-state index in [2.05, 4.69) is 35.0 Å². The maximum atomic E-state index is 11.1. The Bertz CT molecular complexity index is 890. The molecule has 0 atom stereocenters. The fraction of sp³-hybridized carbons (Fsp3) is 0.286. The molecule has 4 rings (SSSR count). The molecule has 122 valence electrons. The average Bonchev–Trinajstić information content (AvgIpc) is 3.38. The van der Waals surface area contributed by atoms with Crippen molar-refractivity contribution in [3.05, 3.63) is 54.2 Å². The normalized spacial score (nSPS) is 14.0. The number of fused-ring (bicyclic) bond motifs is 1. The van der Waals surface area contributed by atoms with E-state index in [1.165, 1.54) is 23.7 Å². The van der Waals surface area contributed by atoms with E-state index in [4.69, 9.17) is 4.74 Å². The van der Waals surface area contributed by atoms with E-state index in [9.17, 15) is 4.79 Å². The van der Waals surface area contributed by atoms with Crippen molar-refractivity contribution < 1.29 is 9.53 Å². The van der Waals surface area contributed by atoms with Gasteiger partial charge in [-0.25, -0.2) is 0 Å². The van der Waals surface area contributed by atoms with Gasteiger partial charge in [0, 0.05) is 35.6 Å². The lowest BCUT2D eigenvalue weighted by Crippen LogP contribution is -1.97. The van der Waals surface area contributed by atoms with Crippen molar-refractivity contribution in [3.8, 4) is 16.9 Å². The fourth-order valence-electron chi connectivity index (χ4n) is 3.40. The molecule has 0 bridgehead atoms. The molecule has 1 saturated carbocycles. The predicted octanol–water partition coefficient (Wildman–Crippen LogP) is 4.47. The van der Waals surface area contributed by atoms with Crippen LogP contribution in [-0.4, -0.2) is 18.0 Å². The summed E-state index contributed by atoms with van der Waals surface area (Å²) in [6, 6.07) is 14.6. The number of aldehydes is 1. The van der Waals surface area contributed by atoms with Crippen LogP contribution in [0.2, 0.25) is 0 Å². The van der Waals surface area contributed by atoms with Crippen LogP contribution in [0, 0.1) is 5.92 Å². The largest absolute Gasteiger partial charge is 0.496 e. The Kier molecular flexibility index (Phi) is 3.85. The van der Waals surface area contributed by atoms with E-state index >= 15 is 0 Å². The zero-order valence-electron chi connectivity index (χ0n) is 13.9. The van der Waals surface area contributed by atoms with Crippen molar-refractivity contribution >= 4 is 17.2 Å². The molecule has 3 heteroatoms. The monoisotopic (exact) mass is 319 g/mol. The molecule has 0 amide bonds. The van der Waals surface area contributed by atoms with Gasteiger partial charge in [0.25, 0.3) is 0 Å². The summed E-state index contributed by atoms with van der Waals surface area (Å²) in [4.78, 5) is 11.1. The molecule has 2 aromatic carbocycles. The van der Waals surface area contributed by atoms with Crippen LogP contribution in [-0.2, 0) is 17.8 Å². The Morgan fingerprint density at radius 2 is 2.04 bits per heavy atom. The van der Waals surface area contributed by atoms with Crippen LogP contribution in [0.25, 0.3) is 22.0 Å². The third kappa shape index (κ3) is 2.71. The Balaban J connectivity index is 1.84. The summed E-state index contributed by atoms with van der Waals surface area (Å²) < 4.78 is 7.81. The van der Waals surface area contributed by atoms with Gasteiger partial charge in [0.1, 0.15) is 12.0 Å². The summed E-state index contributed by atoms with van der Waals surface area (Å²) in [6.07, 6.45) is 6.25. The van der Waals surface area contributed by atoms with Crippen molar-refractivity contribution in [2.75, 3.05) is 7.11 Å². The second kappa shape index (κ2) is 6.16. The van der Waals surface area contributed by atoms with Crippen LogP contribution in [0.3, 0.4) is 0 Å². The maximum absolute atomic E-state index is 11.1. The van der Waals surface area contributed by atoms with Crippen LogP contribution < -0.4 is 4.74 Å². The predicted molar refractivity (Wildman–Crippen MR) is 96.4 cm³/mol. The molecular formula is C21H21NO2. The minimum Gasteiger partial charge on any atom is -0.496 e. The number of carbonyl (C=O) groups excluding carboxylic acids is 1. The van der Waals surface area contributed by atoms with Gasteiger partial charge in [-0.1, -0.05) is 24.3 Å². The van der Waals surface area contributed by atoms with E-state index in [1.54, 1.807) is 7.11 Å². The SMILES string of the molecule is COc1ccccc1-c1ccc2c(c1)c(CC=O)cn2CC1CC1. The van der Waals surface area contributed by atoms with Gasteiger partial charge >= 0.3 is 0 Å². The highest BCUT2D eigenvalue weighted by molar-refractivity contribution is 5.90. The van der Waals surface area contributed by atoms with E-state index in [0.29, 0.717) is 6.42 Å². The number of hydrogen-bond acceptors (Lipinski definition) is 2. The van der Waals surface area contributed by atoms with E-state index in [1.807, 2.05) is 18.2 Å². The molecule has 24 heavy (non-hydrogen) atoms. The van der Waals surface area contributed by atoms with Crippen molar-refractivity contribution in [3.63, 3.8) is 0 Å². The van der Waals surface area contributed by atoms with Gasteiger partial charge in [0.15, 0.2) is 0 Å².